The van der Waals surface area contributed by atoms with Gasteiger partial charge in [-0.15, -0.1) is 46.2 Å². The maximum atomic E-state index is 3.45. The van der Waals surface area contributed by atoms with Crippen LogP contribution in [-0.4, -0.2) is 0 Å². The van der Waals surface area contributed by atoms with Gasteiger partial charge in [-0.05, 0) is 26.2 Å². The maximum Gasteiger partial charge on any atom is 4.00 e. The van der Waals surface area contributed by atoms with Gasteiger partial charge in [0.1, 0.15) is 0 Å². The molecule has 0 fully saturated rings. The summed E-state index contributed by atoms with van der Waals surface area (Å²) >= 11 is 2.41. The summed E-state index contributed by atoms with van der Waals surface area (Å²) in [5.41, 5.74) is 6.61. The van der Waals surface area contributed by atoms with Gasteiger partial charge in [-0.25, -0.2) is 6.08 Å². The van der Waals surface area contributed by atoms with Crippen LogP contribution in [0.1, 0.15) is 22.6 Å². The molecular weight excluding hydrogens is 649 g/mol. The van der Waals surface area contributed by atoms with Crippen molar-refractivity contribution in [2.75, 3.05) is 0 Å². The van der Waals surface area contributed by atoms with E-state index in [0.717, 1.165) is 0 Å². The van der Waals surface area contributed by atoms with Crippen molar-refractivity contribution in [2.45, 2.75) is 5.92 Å². The Morgan fingerprint density at radius 2 is 1.35 bits per heavy atom. The van der Waals surface area contributed by atoms with E-state index in [0.29, 0.717) is 5.92 Å². The fourth-order valence-electron chi connectivity index (χ4n) is 4.10. The van der Waals surface area contributed by atoms with Crippen LogP contribution in [0.25, 0.3) is 28.0 Å². The SMILES string of the molecule is Ic1cccc2c1C(c1ccccc1)[C-]=C2.[Cl-].[Cl-].[Zr+4].c1ccc(-c2cc3ccccc3[cH-]2)cc1. The van der Waals surface area contributed by atoms with E-state index in [1.165, 1.54) is 42.2 Å². The molecule has 1 unspecified atom stereocenters. The Kier molecular flexibility index (Phi) is 11.4. The molecule has 0 radical (unpaired) electrons. The molecule has 5 aromatic carbocycles. The summed E-state index contributed by atoms with van der Waals surface area (Å²) in [6.07, 6.45) is 5.56. The minimum Gasteiger partial charge on any atom is -1.00 e. The minimum atomic E-state index is 0. The molecule has 0 heterocycles. The number of rotatable bonds is 2. The average Bonchev–Trinajstić information content (AvgIpc) is 3.46. The van der Waals surface area contributed by atoms with Crippen LogP contribution < -0.4 is 24.8 Å². The largest absolute Gasteiger partial charge is 4.00 e. The summed E-state index contributed by atoms with van der Waals surface area (Å²) in [5.74, 6) is 0.310. The Hall–Kier alpha value is -1.58. The Balaban J connectivity index is 0.000000221. The number of allylic oxidation sites excluding steroid dienone is 1. The zero-order valence-electron chi connectivity index (χ0n) is 18.3. The Labute approximate surface area is 246 Å². The van der Waals surface area contributed by atoms with Crippen LogP contribution in [-0.2, 0) is 26.2 Å². The van der Waals surface area contributed by atoms with E-state index < -0.39 is 0 Å². The van der Waals surface area contributed by atoms with Crippen LogP contribution in [0, 0.1) is 9.65 Å². The third-order valence-electron chi connectivity index (χ3n) is 5.64. The van der Waals surface area contributed by atoms with Crippen molar-refractivity contribution in [1.29, 1.82) is 0 Å². The molecule has 1 aliphatic rings. The summed E-state index contributed by atoms with van der Waals surface area (Å²) in [6.45, 7) is 0. The molecule has 0 spiro atoms. The fraction of sp³-hybridized carbons (Fsp3) is 0.0333. The van der Waals surface area contributed by atoms with E-state index in [1.54, 1.807) is 0 Å². The Bertz CT molecular complexity index is 1310. The third kappa shape index (κ3) is 6.35. The van der Waals surface area contributed by atoms with E-state index in [1.807, 2.05) is 6.07 Å². The second-order valence-corrected chi connectivity index (χ2v) is 8.80. The van der Waals surface area contributed by atoms with E-state index in [2.05, 4.69) is 144 Å². The zero-order valence-corrected chi connectivity index (χ0v) is 24.4. The summed E-state index contributed by atoms with van der Waals surface area (Å²) in [7, 11) is 0. The fourth-order valence-corrected chi connectivity index (χ4v) is 4.93. The van der Waals surface area contributed by atoms with Gasteiger partial charge in [-0.3, -0.25) is 6.08 Å². The number of halogens is 3. The molecule has 34 heavy (non-hydrogen) atoms. The molecule has 1 aliphatic carbocycles. The van der Waals surface area contributed by atoms with Crippen molar-refractivity contribution in [3.8, 4) is 11.1 Å². The molecule has 5 aromatic rings. The van der Waals surface area contributed by atoms with Gasteiger partial charge >= 0.3 is 26.2 Å². The first kappa shape index (κ1) is 28.7. The van der Waals surface area contributed by atoms with Crippen LogP contribution in [0.15, 0.2) is 115 Å². The summed E-state index contributed by atoms with van der Waals surface area (Å²) < 4.78 is 1.32. The van der Waals surface area contributed by atoms with Crippen molar-refractivity contribution in [2.24, 2.45) is 0 Å². The molecule has 6 rings (SSSR count). The smallest absolute Gasteiger partial charge is 1.00 e. The van der Waals surface area contributed by atoms with Crippen molar-refractivity contribution in [3.05, 3.63) is 142 Å². The molecule has 0 aliphatic heterocycles. The molecular formula is C30H21Cl2IZr. The summed E-state index contributed by atoms with van der Waals surface area (Å²) in [6, 6.07) is 40.4. The number of hydrogen-bond acceptors (Lipinski definition) is 0. The normalized spacial score (nSPS) is 12.9. The molecule has 0 nitrogen and oxygen atoms in total. The Morgan fingerprint density at radius 3 is 2.06 bits per heavy atom. The molecule has 0 amide bonds. The monoisotopic (exact) mass is 668 g/mol. The molecule has 0 saturated heterocycles. The third-order valence-corrected chi connectivity index (χ3v) is 6.58. The topological polar surface area (TPSA) is 0 Å². The van der Waals surface area contributed by atoms with Gasteiger partial charge < -0.3 is 24.8 Å². The number of fused-ring (bicyclic) bond motifs is 2. The van der Waals surface area contributed by atoms with Gasteiger partial charge in [0.25, 0.3) is 0 Å². The second kappa shape index (κ2) is 13.5. The average molecular weight is 671 g/mol. The molecule has 1 atom stereocenters. The van der Waals surface area contributed by atoms with Crippen LogP contribution in [0.2, 0.25) is 0 Å². The van der Waals surface area contributed by atoms with Crippen LogP contribution >= 0.6 is 22.6 Å². The van der Waals surface area contributed by atoms with Gasteiger partial charge in [-0.1, -0.05) is 108 Å². The molecule has 166 valence electrons. The maximum absolute atomic E-state index is 3.45. The van der Waals surface area contributed by atoms with E-state index >= 15 is 0 Å². The van der Waals surface area contributed by atoms with E-state index in [-0.39, 0.29) is 51.0 Å². The van der Waals surface area contributed by atoms with Gasteiger partial charge in [-0.2, -0.15) is 5.56 Å². The predicted octanol–water partition coefficient (Wildman–Crippen LogP) is 2.48. The van der Waals surface area contributed by atoms with Crippen molar-refractivity contribution in [3.63, 3.8) is 0 Å². The van der Waals surface area contributed by atoms with Crippen molar-refractivity contribution in [1.82, 2.24) is 0 Å². The first-order chi connectivity index (χ1) is 15.3. The van der Waals surface area contributed by atoms with E-state index in [4.69, 9.17) is 0 Å². The number of hydrogen-bond donors (Lipinski definition) is 0. The van der Waals surface area contributed by atoms with Gasteiger partial charge in [0.05, 0.1) is 0 Å². The second-order valence-electron chi connectivity index (χ2n) is 7.64. The molecule has 0 N–H and O–H groups in total. The molecule has 0 bridgehead atoms. The quantitative estimate of drug-likeness (QED) is 0.200. The van der Waals surface area contributed by atoms with Gasteiger partial charge in [0.2, 0.25) is 0 Å². The molecule has 0 aromatic heterocycles. The summed E-state index contributed by atoms with van der Waals surface area (Å²) in [4.78, 5) is 0. The standard InChI is InChI=1S/C15H10I.C15H11.2ClH.Zr/c16-14-8-4-7-12-9-10-13(15(12)14)11-5-2-1-3-6-11;1-2-6-12(7-3-1)15-10-13-8-4-5-9-14(13)11-15;;;/h1-9,13H;1-11H;2*1H;/q2*-1;;;+4/p-2. The van der Waals surface area contributed by atoms with Crippen molar-refractivity contribution < 1.29 is 51.0 Å². The Morgan fingerprint density at radius 1 is 0.706 bits per heavy atom. The summed E-state index contributed by atoms with van der Waals surface area (Å²) in [5, 5.41) is 2.63. The predicted molar refractivity (Wildman–Crippen MR) is 140 cm³/mol. The number of benzene rings is 4. The van der Waals surface area contributed by atoms with Gasteiger partial charge in [0, 0.05) is 0 Å². The van der Waals surface area contributed by atoms with Crippen LogP contribution in [0.4, 0.5) is 0 Å². The van der Waals surface area contributed by atoms with Crippen LogP contribution in [0.5, 0.6) is 0 Å². The zero-order chi connectivity index (χ0) is 21.0. The molecule has 4 heteroatoms. The first-order valence-electron chi connectivity index (χ1n) is 10.4. The first-order valence-corrected chi connectivity index (χ1v) is 11.5. The van der Waals surface area contributed by atoms with Crippen molar-refractivity contribution >= 4 is 39.4 Å². The minimum absolute atomic E-state index is 0. The van der Waals surface area contributed by atoms with Crippen LogP contribution in [0.3, 0.4) is 0 Å². The van der Waals surface area contributed by atoms with Gasteiger partial charge in [0.15, 0.2) is 0 Å². The van der Waals surface area contributed by atoms with E-state index in [9.17, 15) is 0 Å². The molecule has 0 saturated carbocycles.